The Hall–Kier alpha value is -3.26. The van der Waals surface area contributed by atoms with Crippen LogP contribution in [0.4, 0.5) is 10.2 Å². The maximum atomic E-state index is 14.7. The van der Waals surface area contributed by atoms with Crippen molar-refractivity contribution in [2.75, 3.05) is 12.3 Å². The van der Waals surface area contributed by atoms with Gasteiger partial charge in [0.05, 0.1) is 39.9 Å². The van der Waals surface area contributed by atoms with Gasteiger partial charge >= 0.3 is 0 Å². The van der Waals surface area contributed by atoms with Crippen LogP contribution in [0.5, 0.6) is 0 Å². The third-order valence-electron chi connectivity index (χ3n) is 6.61. The molecule has 2 bridgehead atoms. The topological polar surface area (TPSA) is 89.9 Å². The van der Waals surface area contributed by atoms with Crippen LogP contribution in [0.15, 0.2) is 30.6 Å². The molecule has 2 aliphatic rings. The number of aromatic nitrogens is 4. The molecule has 9 heteroatoms. The molecule has 156 valence electrons. The lowest BCUT2D eigenvalue weighted by atomic mass is 9.95. The smallest absolute Gasteiger partial charge is 0.272 e. The fraction of sp³-hybridized carbons (Fsp3) is 0.273. The lowest BCUT2D eigenvalue weighted by Crippen LogP contribution is -2.38. The molecule has 6 rings (SSSR count). The number of anilines is 1. The summed E-state index contributed by atoms with van der Waals surface area (Å²) in [4.78, 5) is 24.1. The molecule has 7 nitrogen and oxygen atoms in total. The molecule has 4 heterocycles. The Morgan fingerprint density at radius 1 is 1.29 bits per heavy atom. The van der Waals surface area contributed by atoms with Gasteiger partial charge in [0.1, 0.15) is 17.3 Å². The summed E-state index contributed by atoms with van der Waals surface area (Å²) >= 11 is 6.01. The van der Waals surface area contributed by atoms with Crippen LogP contribution in [0.2, 0.25) is 5.02 Å². The minimum absolute atomic E-state index is 0.0913. The number of fused-ring (bicyclic) bond motifs is 8. The lowest BCUT2D eigenvalue weighted by Gasteiger charge is -2.33. The van der Waals surface area contributed by atoms with Crippen molar-refractivity contribution in [3.63, 3.8) is 0 Å². The van der Waals surface area contributed by atoms with Gasteiger partial charge in [-0.2, -0.15) is 5.10 Å². The van der Waals surface area contributed by atoms with E-state index < -0.39 is 0 Å². The number of halogens is 2. The number of amides is 1. The average molecular weight is 437 g/mol. The number of nitrogen functional groups attached to an aromatic ring is 1. The van der Waals surface area contributed by atoms with Crippen LogP contribution < -0.4 is 5.73 Å². The monoisotopic (exact) mass is 436 g/mol. The number of benzene rings is 1. The van der Waals surface area contributed by atoms with Crippen LogP contribution in [0.1, 0.15) is 46.4 Å². The number of carbonyl (C=O) groups excluding carboxylic acids is 1. The molecule has 1 aliphatic carbocycles. The predicted molar refractivity (Wildman–Crippen MR) is 115 cm³/mol. The van der Waals surface area contributed by atoms with Crippen LogP contribution in [-0.2, 0) is 7.05 Å². The van der Waals surface area contributed by atoms with Gasteiger partial charge in [-0.05, 0) is 42.0 Å². The average Bonchev–Trinajstić information content (AvgIpc) is 3.29. The number of aryl methyl sites for hydroxylation is 1. The molecule has 2 atom stereocenters. The fourth-order valence-electron chi connectivity index (χ4n) is 5.18. The Morgan fingerprint density at radius 2 is 2.13 bits per heavy atom. The van der Waals surface area contributed by atoms with Crippen LogP contribution in [0.3, 0.4) is 0 Å². The van der Waals surface area contributed by atoms with E-state index in [1.165, 1.54) is 0 Å². The number of hydrogen-bond donors (Lipinski definition) is 1. The van der Waals surface area contributed by atoms with Gasteiger partial charge in [0, 0.05) is 19.0 Å². The second-order valence-electron chi connectivity index (χ2n) is 8.21. The number of pyridine rings is 2. The molecule has 1 aromatic carbocycles. The van der Waals surface area contributed by atoms with Crippen molar-refractivity contribution in [2.45, 2.75) is 24.8 Å². The van der Waals surface area contributed by atoms with Crippen LogP contribution in [0, 0.1) is 5.82 Å². The second kappa shape index (κ2) is 6.37. The van der Waals surface area contributed by atoms with Crippen molar-refractivity contribution in [1.29, 1.82) is 0 Å². The summed E-state index contributed by atoms with van der Waals surface area (Å²) in [6, 6.07) is 4.99. The zero-order valence-electron chi connectivity index (χ0n) is 16.6. The largest absolute Gasteiger partial charge is 0.383 e. The van der Waals surface area contributed by atoms with E-state index in [4.69, 9.17) is 17.3 Å². The number of carbonyl (C=O) groups is 1. The molecule has 1 fully saturated rings. The van der Waals surface area contributed by atoms with Gasteiger partial charge < -0.3 is 10.6 Å². The molecular weight excluding hydrogens is 419 g/mol. The zero-order chi connectivity index (χ0) is 21.4. The second-order valence-corrected chi connectivity index (χ2v) is 8.62. The number of nitrogens with two attached hydrogens (primary N) is 1. The van der Waals surface area contributed by atoms with Crippen molar-refractivity contribution in [3.8, 4) is 0 Å². The van der Waals surface area contributed by atoms with Crippen LogP contribution in [0.25, 0.3) is 21.8 Å². The van der Waals surface area contributed by atoms with E-state index in [0.717, 1.165) is 21.9 Å². The Morgan fingerprint density at radius 3 is 2.97 bits per heavy atom. The minimum atomic E-state index is -0.355. The maximum absolute atomic E-state index is 14.7. The number of piperidine rings is 1. The minimum Gasteiger partial charge on any atom is -0.383 e. The number of likely N-dealkylation sites (tertiary alicyclic amines) is 1. The van der Waals surface area contributed by atoms with Gasteiger partial charge in [-0.3, -0.25) is 9.48 Å². The van der Waals surface area contributed by atoms with Gasteiger partial charge in [0.15, 0.2) is 0 Å². The summed E-state index contributed by atoms with van der Waals surface area (Å²) in [5, 5.41) is 5.91. The molecule has 4 aromatic rings. The molecule has 3 aromatic heterocycles. The van der Waals surface area contributed by atoms with E-state index in [0.29, 0.717) is 42.0 Å². The van der Waals surface area contributed by atoms with Crippen molar-refractivity contribution < 1.29 is 9.18 Å². The first-order valence-corrected chi connectivity index (χ1v) is 10.5. The maximum Gasteiger partial charge on any atom is 0.272 e. The Bertz CT molecular complexity index is 1420. The highest BCUT2D eigenvalue weighted by Crippen LogP contribution is 2.51. The Kier molecular flexibility index (Phi) is 3.80. The molecular formula is C22H18ClFN6O. The van der Waals surface area contributed by atoms with Crippen molar-refractivity contribution in [3.05, 3.63) is 58.3 Å². The van der Waals surface area contributed by atoms with Crippen LogP contribution >= 0.6 is 11.6 Å². The molecule has 2 N–H and O–H groups in total. The standard InChI is InChI=1S/C22H18ClFN6O/c1-29-20-12-7-15(26-9-16(12)28-21(25)13(20)8-27-29)22(31)30-5-4-10-6-17(30)11-2-3-14(23)19(24)18(10)11/h2-3,7-10,17H,4-6H2,1H3,(H2,25,28)/t10-,17+/m0/s1. The summed E-state index contributed by atoms with van der Waals surface area (Å²) in [6.45, 7) is 0.542. The Labute approximate surface area is 181 Å². The summed E-state index contributed by atoms with van der Waals surface area (Å²) in [7, 11) is 1.82. The molecule has 0 radical (unpaired) electrons. The molecule has 0 unspecified atom stereocenters. The molecule has 1 aliphatic heterocycles. The van der Waals surface area contributed by atoms with Gasteiger partial charge in [-0.15, -0.1) is 0 Å². The number of rotatable bonds is 1. The normalized spacial score (nSPS) is 19.9. The van der Waals surface area contributed by atoms with Crippen molar-refractivity contribution >= 4 is 45.1 Å². The molecule has 1 saturated heterocycles. The third kappa shape index (κ3) is 2.51. The highest BCUT2D eigenvalue weighted by molar-refractivity contribution is 6.30. The summed E-state index contributed by atoms with van der Waals surface area (Å²) in [6.07, 6.45) is 4.64. The van der Waals surface area contributed by atoms with E-state index >= 15 is 0 Å². The molecule has 0 saturated carbocycles. The van der Waals surface area contributed by atoms with Crippen molar-refractivity contribution in [1.82, 2.24) is 24.6 Å². The first-order chi connectivity index (χ1) is 14.9. The van der Waals surface area contributed by atoms with Gasteiger partial charge in [0.25, 0.3) is 5.91 Å². The predicted octanol–water partition coefficient (Wildman–Crippen LogP) is 3.97. The summed E-state index contributed by atoms with van der Waals surface area (Å²) in [5.41, 5.74) is 9.30. The summed E-state index contributed by atoms with van der Waals surface area (Å²) < 4.78 is 16.4. The van der Waals surface area contributed by atoms with E-state index in [1.807, 2.05) is 13.1 Å². The van der Waals surface area contributed by atoms with E-state index in [1.54, 1.807) is 34.1 Å². The molecule has 31 heavy (non-hydrogen) atoms. The number of nitrogens with zero attached hydrogens (tertiary/aromatic N) is 5. The highest BCUT2D eigenvalue weighted by atomic mass is 35.5. The zero-order valence-corrected chi connectivity index (χ0v) is 17.4. The first kappa shape index (κ1) is 18.5. The van der Waals surface area contributed by atoms with Crippen LogP contribution in [-0.4, -0.2) is 37.1 Å². The van der Waals surface area contributed by atoms with Crippen molar-refractivity contribution in [2.24, 2.45) is 7.05 Å². The van der Waals surface area contributed by atoms with Gasteiger partial charge in [-0.1, -0.05) is 17.7 Å². The lowest BCUT2D eigenvalue weighted by molar-refractivity contribution is 0.0614. The third-order valence-corrected chi connectivity index (χ3v) is 6.90. The summed E-state index contributed by atoms with van der Waals surface area (Å²) in [5.74, 6) is -0.0666. The Balaban J connectivity index is 1.44. The van der Waals surface area contributed by atoms with E-state index in [-0.39, 0.29) is 28.7 Å². The highest BCUT2D eigenvalue weighted by Gasteiger charge is 2.43. The fourth-order valence-corrected chi connectivity index (χ4v) is 5.34. The first-order valence-electron chi connectivity index (χ1n) is 10.1. The molecule has 1 amide bonds. The quantitative estimate of drug-likeness (QED) is 0.487. The van der Waals surface area contributed by atoms with Gasteiger partial charge in [0.2, 0.25) is 0 Å². The van der Waals surface area contributed by atoms with Gasteiger partial charge in [-0.25, -0.2) is 14.4 Å². The number of hydrogen-bond acceptors (Lipinski definition) is 5. The van der Waals surface area contributed by atoms with E-state index in [2.05, 4.69) is 15.1 Å². The molecule has 0 spiro atoms. The SMILES string of the molecule is Cn1ncc2c(N)nc3cnc(C(=O)N4CC[C@H]5C[C@@H]4c4ccc(Cl)c(F)c45)cc3c21. The van der Waals surface area contributed by atoms with E-state index in [9.17, 15) is 9.18 Å².